The van der Waals surface area contributed by atoms with Gasteiger partial charge < -0.3 is 20.5 Å². The van der Waals surface area contributed by atoms with Gasteiger partial charge in [0.15, 0.2) is 16.6 Å². The largest absolute Gasteiger partial charge is 0.464 e. The van der Waals surface area contributed by atoms with Crippen molar-refractivity contribution in [3.05, 3.63) is 54.0 Å². The molecule has 1 aromatic carbocycles. The molecule has 3 N–H and O–H groups in total. The molecule has 0 fully saturated rings. The first-order valence-electron chi connectivity index (χ1n) is 7.25. The van der Waals surface area contributed by atoms with Gasteiger partial charge in [0.2, 0.25) is 0 Å². The van der Waals surface area contributed by atoms with Crippen LogP contribution in [0.3, 0.4) is 0 Å². The highest BCUT2D eigenvalue weighted by molar-refractivity contribution is 7.80. The second kappa shape index (κ2) is 8.90. The molecular formula is C16H18N4O3S. The van der Waals surface area contributed by atoms with Crippen molar-refractivity contribution in [3.8, 4) is 0 Å². The molecular weight excluding hydrogens is 328 g/mol. The SMILES string of the molecule is COC(=O)c1nccnc1NC(=S)N[C@@H](CO)Cc1ccccc1. The number of benzene rings is 1. The van der Waals surface area contributed by atoms with Crippen LogP contribution in [0.15, 0.2) is 42.7 Å². The quantitative estimate of drug-likeness (QED) is 0.530. The first-order chi connectivity index (χ1) is 11.6. The maximum atomic E-state index is 11.7. The Kier molecular flexibility index (Phi) is 6.59. The number of anilines is 1. The second-order valence-corrected chi connectivity index (χ2v) is 5.32. The molecule has 1 atom stereocenters. The molecule has 2 rings (SSSR count). The van der Waals surface area contributed by atoms with E-state index in [2.05, 4.69) is 25.3 Å². The molecule has 1 aromatic heterocycles. The normalized spacial score (nSPS) is 11.4. The van der Waals surface area contributed by atoms with Crippen LogP contribution >= 0.6 is 12.2 Å². The van der Waals surface area contributed by atoms with Gasteiger partial charge in [-0.25, -0.2) is 14.8 Å². The number of aliphatic hydroxyl groups is 1. The van der Waals surface area contributed by atoms with Crippen LogP contribution in [0.4, 0.5) is 5.82 Å². The number of rotatable bonds is 6. The van der Waals surface area contributed by atoms with Gasteiger partial charge in [-0.15, -0.1) is 0 Å². The minimum atomic E-state index is -0.614. The molecule has 2 aromatic rings. The Hall–Kier alpha value is -2.58. The lowest BCUT2D eigenvalue weighted by Gasteiger charge is -2.19. The van der Waals surface area contributed by atoms with E-state index in [0.717, 1.165) is 5.56 Å². The van der Waals surface area contributed by atoms with E-state index in [1.54, 1.807) is 0 Å². The highest BCUT2D eigenvalue weighted by Gasteiger charge is 2.16. The molecule has 0 aliphatic carbocycles. The van der Waals surface area contributed by atoms with E-state index in [-0.39, 0.29) is 29.3 Å². The molecule has 0 aliphatic heterocycles. The summed E-state index contributed by atoms with van der Waals surface area (Å²) < 4.78 is 4.65. The van der Waals surface area contributed by atoms with Crippen LogP contribution in [0.25, 0.3) is 0 Å². The minimum absolute atomic E-state index is 0.0350. The minimum Gasteiger partial charge on any atom is -0.464 e. The van der Waals surface area contributed by atoms with Gasteiger partial charge in [0.25, 0.3) is 0 Å². The number of aromatic nitrogens is 2. The van der Waals surface area contributed by atoms with Crippen LogP contribution in [-0.2, 0) is 11.2 Å². The maximum absolute atomic E-state index is 11.7. The molecule has 1 heterocycles. The molecule has 24 heavy (non-hydrogen) atoms. The molecule has 0 saturated heterocycles. The van der Waals surface area contributed by atoms with E-state index < -0.39 is 5.97 Å². The third kappa shape index (κ3) is 4.97. The van der Waals surface area contributed by atoms with Crippen LogP contribution in [-0.4, -0.2) is 45.9 Å². The van der Waals surface area contributed by atoms with Crippen LogP contribution in [0, 0.1) is 0 Å². The predicted octanol–water partition coefficient (Wildman–Crippen LogP) is 1.15. The molecule has 0 radical (unpaired) electrons. The molecule has 0 saturated carbocycles. The Morgan fingerprint density at radius 1 is 1.29 bits per heavy atom. The highest BCUT2D eigenvalue weighted by Crippen LogP contribution is 2.10. The Bertz CT molecular complexity index is 697. The molecule has 0 aliphatic rings. The van der Waals surface area contributed by atoms with Crippen molar-refractivity contribution >= 4 is 29.1 Å². The summed E-state index contributed by atoms with van der Waals surface area (Å²) in [4.78, 5) is 19.6. The summed E-state index contributed by atoms with van der Waals surface area (Å²) in [5, 5.41) is 15.6. The van der Waals surface area contributed by atoms with Crippen LogP contribution in [0.5, 0.6) is 0 Å². The number of aliphatic hydroxyl groups excluding tert-OH is 1. The van der Waals surface area contributed by atoms with Crippen LogP contribution in [0.2, 0.25) is 0 Å². The maximum Gasteiger partial charge on any atom is 0.360 e. The molecule has 126 valence electrons. The number of ether oxygens (including phenoxy) is 1. The zero-order valence-corrected chi connectivity index (χ0v) is 13.9. The lowest BCUT2D eigenvalue weighted by molar-refractivity contribution is 0.0595. The molecule has 8 heteroatoms. The third-order valence-corrected chi connectivity index (χ3v) is 3.41. The van der Waals surface area contributed by atoms with E-state index in [1.807, 2.05) is 30.3 Å². The Morgan fingerprint density at radius 3 is 2.67 bits per heavy atom. The summed E-state index contributed by atoms with van der Waals surface area (Å²) in [6, 6.07) is 9.47. The summed E-state index contributed by atoms with van der Waals surface area (Å²) in [5.74, 6) is -0.422. The summed E-state index contributed by atoms with van der Waals surface area (Å²) in [6.45, 7) is -0.0962. The van der Waals surface area contributed by atoms with Crippen molar-refractivity contribution in [1.82, 2.24) is 15.3 Å². The fourth-order valence-electron chi connectivity index (χ4n) is 2.06. The number of nitrogens with zero attached hydrogens (tertiary/aromatic N) is 2. The number of hydrogen-bond acceptors (Lipinski definition) is 6. The number of esters is 1. The monoisotopic (exact) mass is 346 g/mol. The van der Waals surface area contributed by atoms with Crippen LogP contribution < -0.4 is 10.6 Å². The summed E-state index contributed by atoms with van der Waals surface area (Å²) in [7, 11) is 1.26. The second-order valence-electron chi connectivity index (χ2n) is 4.91. The van der Waals surface area contributed by atoms with Gasteiger partial charge in [-0.1, -0.05) is 30.3 Å². The van der Waals surface area contributed by atoms with E-state index in [0.29, 0.717) is 6.42 Å². The highest BCUT2D eigenvalue weighted by atomic mass is 32.1. The Balaban J connectivity index is 2.01. The standard InChI is InChI=1S/C16H18N4O3S/c1-23-15(22)13-14(18-8-7-17-13)20-16(24)19-12(10-21)9-11-5-3-2-4-6-11/h2-8,12,21H,9-10H2,1H3,(H2,18,19,20,24)/t12-/m1/s1. The van der Waals surface area contributed by atoms with Gasteiger partial charge in [-0.3, -0.25) is 0 Å². The Morgan fingerprint density at radius 2 is 2.00 bits per heavy atom. The van der Waals surface area contributed by atoms with E-state index in [4.69, 9.17) is 12.2 Å². The van der Waals surface area contributed by atoms with Crippen molar-refractivity contribution in [1.29, 1.82) is 0 Å². The van der Waals surface area contributed by atoms with Crippen LogP contribution in [0.1, 0.15) is 16.1 Å². The van der Waals surface area contributed by atoms with Gasteiger partial charge in [0.1, 0.15) is 0 Å². The summed E-state index contributed by atoms with van der Waals surface area (Å²) >= 11 is 5.22. The van der Waals surface area contributed by atoms with Gasteiger partial charge in [-0.05, 0) is 24.2 Å². The first-order valence-corrected chi connectivity index (χ1v) is 7.66. The lowest BCUT2D eigenvalue weighted by Crippen LogP contribution is -2.41. The molecule has 0 amide bonds. The summed E-state index contributed by atoms with van der Waals surface area (Å²) in [6.07, 6.45) is 3.42. The topological polar surface area (TPSA) is 96.4 Å². The lowest BCUT2D eigenvalue weighted by atomic mass is 10.1. The van der Waals surface area contributed by atoms with Gasteiger partial charge in [0, 0.05) is 12.4 Å². The zero-order valence-electron chi connectivity index (χ0n) is 13.1. The number of methoxy groups -OCH3 is 1. The predicted molar refractivity (Wildman–Crippen MR) is 93.7 cm³/mol. The number of carbonyl (C=O) groups is 1. The fourth-order valence-corrected chi connectivity index (χ4v) is 2.33. The van der Waals surface area contributed by atoms with E-state index >= 15 is 0 Å². The van der Waals surface area contributed by atoms with E-state index in [9.17, 15) is 9.90 Å². The number of nitrogens with one attached hydrogen (secondary N) is 2. The third-order valence-electron chi connectivity index (χ3n) is 3.19. The molecule has 0 unspecified atom stereocenters. The van der Waals surface area contributed by atoms with Gasteiger partial charge in [-0.2, -0.15) is 0 Å². The van der Waals surface area contributed by atoms with E-state index in [1.165, 1.54) is 19.5 Å². The summed E-state index contributed by atoms with van der Waals surface area (Å²) in [5.41, 5.74) is 1.11. The fraction of sp³-hybridized carbons (Fsp3) is 0.250. The number of hydrogen-bond donors (Lipinski definition) is 3. The molecule has 0 spiro atoms. The smallest absolute Gasteiger partial charge is 0.360 e. The van der Waals surface area contributed by atoms with Crippen molar-refractivity contribution in [3.63, 3.8) is 0 Å². The van der Waals surface area contributed by atoms with Crippen molar-refractivity contribution < 1.29 is 14.6 Å². The first kappa shape index (κ1) is 17.8. The number of thiocarbonyl (C=S) groups is 1. The zero-order chi connectivity index (χ0) is 17.4. The average molecular weight is 346 g/mol. The Labute approximate surface area is 145 Å². The number of carbonyl (C=O) groups excluding carboxylic acids is 1. The average Bonchev–Trinajstić information content (AvgIpc) is 2.61. The molecule has 0 bridgehead atoms. The van der Waals surface area contributed by atoms with Crippen molar-refractivity contribution in [2.75, 3.05) is 19.0 Å². The van der Waals surface area contributed by atoms with Crippen molar-refractivity contribution in [2.24, 2.45) is 0 Å². The molecule has 7 nitrogen and oxygen atoms in total. The van der Waals surface area contributed by atoms with Gasteiger partial charge in [0.05, 0.1) is 19.8 Å². The van der Waals surface area contributed by atoms with Gasteiger partial charge >= 0.3 is 5.97 Å². The van der Waals surface area contributed by atoms with Crippen molar-refractivity contribution in [2.45, 2.75) is 12.5 Å².